The Balaban J connectivity index is 1.69. The molecule has 6 heteroatoms. The number of Topliss-reactive ketones (excluding diaryl/α,β-unsaturated/α-hetero) is 1. The number of fused-ring (bicyclic) bond motifs is 1. The number of hydrogen-bond acceptors (Lipinski definition) is 5. The van der Waals surface area contributed by atoms with Crippen LogP contribution < -0.4 is 10.1 Å². The summed E-state index contributed by atoms with van der Waals surface area (Å²) < 4.78 is 5.29. The van der Waals surface area contributed by atoms with E-state index in [-0.39, 0.29) is 17.1 Å². The number of aromatic amines is 1. The van der Waals surface area contributed by atoms with Gasteiger partial charge in [-0.1, -0.05) is 19.9 Å². The first-order valence-corrected chi connectivity index (χ1v) is 10.6. The van der Waals surface area contributed by atoms with Crippen LogP contribution in [0, 0.1) is 5.41 Å². The number of carbonyl (C=O) groups is 1. The van der Waals surface area contributed by atoms with Gasteiger partial charge in [0, 0.05) is 33.7 Å². The monoisotopic (exact) mass is 405 g/mol. The molecule has 1 aromatic carbocycles. The Labute approximate surface area is 173 Å². The van der Waals surface area contributed by atoms with E-state index in [4.69, 9.17) is 4.74 Å². The zero-order chi connectivity index (χ0) is 20.2. The molecule has 29 heavy (non-hydrogen) atoms. The topological polar surface area (TPSA) is 67.0 Å². The van der Waals surface area contributed by atoms with Crippen molar-refractivity contribution in [3.63, 3.8) is 0 Å². The number of hydrogen-bond donors (Lipinski definition) is 2. The predicted octanol–water partition coefficient (Wildman–Crippen LogP) is 5.35. The minimum Gasteiger partial charge on any atom is -0.497 e. The number of nitrogens with zero attached hydrogens (tertiary/aromatic N) is 1. The van der Waals surface area contributed by atoms with Crippen LogP contribution >= 0.6 is 11.3 Å². The first kappa shape index (κ1) is 18.2. The van der Waals surface area contributed by atoms with Crippen molar-refractivity contribution in [1.82, 2.24) is 10.2 Å². The summed E-state index contributed by atoms with van der Waals surface area (Å²) in [7, 11) is 1.66. The molecular formula is C23H23N3O2S. The third-order valence-electron chi connectivity index (χ3n) is 5.78. The number of carbonyl (C=O) groups excluding carboxylic acids is 1. The van der Waals surface area contributed by atoms with Gasteiger partial charge in [0.15, 0.2) is 11.6 Å². The van der Waals surface area contributed by atoms with Crippen LogP contribution in [0.1, 0.15) is 43.0 Å². The van der Waals surface area contributed by atoms with Crippen molar-refractivity contribution in [3.8, 4) is 17.0 Å². The second-order valence-corrected chi connectivity index (χ2v) is 9.48. The lowest BCUT2D eigenvalue weighted by Crippen LogP contribution is -2.33. The fraction of sp³-hybridized carbons (Fsp3) is 0.304. The second-order valence-electron chi connectivity index (χ2n) is 8.50. The Morgan fingerprint density at radius 1 is 1.17 bits per heavy atom. The van der Waals surface area contributed by atoms with E-state index in [9.17, 15) is 4.79 Å². The summed E-state index contributed by atoms with van der Waals surface area (Å²) in [5, 5.41) is 13.4. The molecule has 2 aliphatic rings. The van der Waals surface area contributed by atoms with Gasteiger partial charge in [-0.05, 0) is 47.5 Å². The number of allylic oxidation sites excluding steroid dienone is 2. The van der Waals surface area contributed by atoms with Crippen LogP contribution in [-0.4, -0.2) is 23.1 Å². The molecule has 2 N–H and O–H groups in total. The summed E-state index contributed by atoms with van der Waals surface area (Å²) in [6.45, 7) is 4.30. The average Bonchev–Trinajstić information content (AvgIpc) is 3.35. The first-order chi connectivity index (χ1) is 14.0. The molecule has 148 valence electrons. The van der Waals surface area contributed by atoms with Crippen LogP contribution in [0.5, 0.6) is 5.75 Å². The van der Waals surface area contributed by atoms with Crippen LogP contribution in [-0.2, 0) is 4.79 Å². The normalized spacial score (nSPS) is 20.1. The second kappa shape index (κ2) is 6.59. The van der Waals surface area contributed by atoms with Crippen LogP contribution in [0.4, 0.5) is 5.82 Å². The Morgan fingerprint density at radius 3 is 2.66 bits per heavy atom. The molecule has 0 unspecified atom stereocenters. The van der Waals surface area contributed by atoms with Crippen molar-refractivity contribution >= 4 is 22.9 Å². The van der Waals surface area contributed by atoms with Gasteiger partial charge in [0.2, 0.25) is 0 Å². The van der Waals surface area contributed by atoms with Crippen LogP contribution in [0.15, 0.2) is 53.0 Å². The maximum atomic E-state index is 13.3. The smallest absolute Gasteiger partial charge is 0.162 e. The molecule has 5 nitrogen and oxygen atoms in total. The largest absolute Gasteiger partial charge is 0.497 e. The number of H-pyrrole nitrogens is 1. The van der Waals surface area contributed by atoms with E-state index in [1.807, 2.05) is 30.3 Å². The lowest BCUT2D eigenvalue weighted by molar-refractivity contribution is -0.118. The van der Waals surface area contributed by atoms with Crippen molar-refractivity contribution in [3.05, 3.63) is 63.5 Å². The van der Waals surface area contributed by atoms with Gasteiger partial charge in [0.05, 0.1) is 18.7 Å². The average molecular weight is 406 g/mol. The molecule has 0 radical (unpaired) electrons. The highest BCUT2D eigenvalue weighted by atomic mass is 32.1. The highest BCUT2D eigenvalue weighted by Crippen LogP contribution is 2.51. The predicted molar refractivity (Wildman–Crippen MR) is 115 cm³/mol. The number of benzene rings is 1. The van der Waals surface area contributed by atoms with Crippen molar-refractivity contribution < 1.29 is 9.53 Å². The Bertz CT molecular complexity index is 1110. The highest BCUT2D eigenvalue weighted by Gasteiger charge is 2.43. The molecule has 2 aromatic heterocycles. The zero-order valence-electron chi connectivity index (χ0n) is 16.7. The first-order valence-electron chi connectivity index (χ1n) is 9.76. The van der Waals surface area contributed by atoms with Gasteiger partial charge < -0.3 is 10.1 Å². The minimum atomic E-state index is -0.0966. The fourth-order valence-corrected chi connectivity index (χ4v) is 5.36. The van der Waals surface area contributed by atoms with Crippen molar-refractivity contribution in [2.75, 3.05) is 12.4 Å². The summed E-state index contributed by atoms with van der Waals surface area (Å²) in [5.41, 5.74) is 4.88. The molecule has 3 heterocycles. The quantitative estimate of drug-likeness (QED) is 0.617. The van der Waals surface area contributed by atoms with Gasteiger partial charge in [0.25, 0.3) is 0 Å². The van der Waals surface area contributed by atoms with Crippen molar-refractivity contribution in [2.24, 2.45) is 5.41 Å². The molecule has 3 aromatic rings. The van der Waals surface area contributed by atoms with E-state index < -0.39 is 0 Å². The number of anilines is 1. The molecule has 0 bridgehead atoms. The number of ether oxygens (including phenoxy) is 1. The number of rotatable bonds is 3. The highest BCUT2D eigenvalue weighted by molar-refractivity contribution is 7.10. The van der Waals surface area contributed by atoms with Crippen LogP contribution in [0.3, 0.4) is 0 Å². The molecule has 1 atom stereocenters. The number of methoxy groups -OCH3 is 1. The third-order valence-corrected chi connectivity index (χ3v) is 6.71. The number of ketones is 1. The fourth-order valence-electron chi connectivity index (χ4n) is 4.51. The van der Waals surface area contributed by atoms with Gasteiger partial charge in [-0.2, -0.15) is 5.10 Å². The Hall–Kier alpha value is -2.86. The van der Waals surface area contributed by atoms with E-state index in [0.717, 1.165) is 46.1 Å². The summed E-state index contributed by atoms with van der Waals surface area (Å²) in [5.74, 6) is 1.76. The van der Waals surface area contributed by atoms with Crippen LogP contribution in [0.2, 0.25) is 0 Å². The maximum absolute atomic E-state index is 13.3. The van der Waals surface area contributed by atoms with Gasteiger partial charge in [0.1, 0.15) is 5.75 Å². The molecule has 0 spiro atoms. The van der Waals surface area contributed by atoms with E-state index in [1.165, 1.54) is 4.88 Å². The Morgan fingerprint density at radius 2 is 1.97 bits per heavy atom. The minimum absolute atomic E-state index is 0.0461. The third kappa shape index (κ3) is 2.99. The number of nitrogens with one attached hydrogen (secondary N) is 2. The summed E-state index contributed by atoms with van der Waals surface area (Å²) in [6.07, 6.45) is 1.42. The molecule has 5 rings (SSSR count). The van der Waals surface area contributed by atoms with E-state index in [2.05, 4.69) is 40.8 Å². The molecular weight excluding hydrogens is 382 g/mol. The summed E-state index contributed by atoms with van der Waals surface area (Å²) in [4.78, 5) is 14.4. The van der Waals surface area contributed by atoms with Gasteiger partial charge in [-0.15, -0.1) is 11.3 Å². The molecule has 0 amide bonds. The number of thiophene rings is 1. The molecule has 1 aliphatic carbocycles. The molecule has 0 fully saturated rings. The zero-order valence-corrected chi connectivity index (χ0v) is 17.5. The van der Waals surface area contributed by atoms with E-state index in [0.29, 0.717) is 6.42 Å². The summed E-state index contributed by atoms with van der Waals surface area (Å²) in [6, 6.07) is 12.1. The maximum Gasteiger partial charge on any atom is 0.162 e. The van der Waals surface area contributed by atoms with Crippen LogP contribution in [0.25, 0.3) is 11.3 Å². The van der Waals surface area contributed by atoms with Gasteiger partial charge in [-0.25, -0.2) is 0 Å². The van der Waals surface area contributed by atoms with Gasteiger partial charge >= 0.3 is 0 Å². The summed E-state index contributed by atoms with van der Waals surface area (Å²) >= 11 is 1.69. The molecule has 1 aliphatic heterocycles. The van der Waals surface area contributed by atoms with E-state index in [1.54, 1.807) is 18.4 Å². The van der Waals surface area contributed by atoms with Crippen molar-refractivity contribution in [2.45, 2.75) is 32.6 Å². The molecule has 0 saturated heterocycles. The SMILES string of the molecule is COc1ccc(-c2[nH]nc3c2[C@H](c2cccs2)C2=C(CC(C)(C)CC2=O)N3)cc1. The van der Waals surface area contributed by atoms with E-state index >= 15 is 0 Å². The van der Waals surface area contributed by atoms with Gasteiger partial charge in [-0.3, -0.25) is 9.89 Å². The number of aromatic nitrogens is 2. The standard InChI is InChI=1S/C23H23N3O2S/c1-23(2)11-15-18(16(27)12-23)19(17-5-4-10-29-17)20-21(25-26-22(20)24-15)13-6-8-14(28-3)9-7-13/h4-10,19H,11-12H2,1-3H3,(H2,24,25,26)/t19-/m1/s1. The lowest BCUT2D eigenvalue weighted by Gasteiger charge is -2.37. The lowest BCUT2D eigenvalue weighted by atomic mass is 9.70. The molecule has 0 saturated carbocycles. The Kier molecular flexibility index (Phi) is 4.13. The van der Waals surface area contributed by atoms with Crippen molar-refractivity contribution in [1.29, 1.82) is 0 Å².